The summed E-state index contributed by atoms with van der Waals surface area (Å²) in [5.41, 5.74) is 6.25. The van der Waals surface area contributed by atoms with Crippen molar-refractivity contribution in [2.45, 2.75) is 24.8 Å². The molecular formula is C10H15BrN2O2S. The predicted octanol–water partition coefficient (Wildman–Crippen LogP) is 1.38. The monoisotopic (exact) mass is 306 g/mol. The van der Waals surface area contributed by atoms with Crippen LogP contribution in [-0.2, 0) is 10.0 Å². The highest BCUT2D eigenvalue weighted by Gasteiger charge is 2.16. The lowest BCUT2D eigenvalue weighted by Crippen LogP contribution is -2.37. The van der Waals surface area contributed by atoms with E-state index in [1.54, 1.807) is 25.1 Å². The molecule has 1 aromatic carbocycles. The van der Waals surface area contributed by atoms with E-state index in [1.165, 1.54) is 0 Å². The molecule has 0 amide bonds. The molecule has 1 unspecified atom stereocenters. The molecule has 6 heteroatoms. The average molecular weight is 307 g/mol. The molecule has 90 valence electrons. The van der Waals surface area contributed by atoms with Crippen LogP contribution in [0.15, 0.2) is 27.6 Å². The molecule has 0 spiro atoms. The van der Waals surface area contributed by atoms with Crippen LogP contribution >= 0.6 is 15.9 Å². The Morgan fingerprint density at radius 3 is 2.62 bits per heavy atom. The number of aryl methyl sites for hydroxylation is 1. The Bertz CT molecular complexity index is 474. The maximum atomic E-state index is 11.9. The van der Waals surface area contributed by atoms with E-state index in [0.717, 1.165) is 10.0 Å². The summed E-state index contributed by atoms with van der Waals surface area (Å²) < 4.78 is 27.2. The Morgan fingerprint density at radius 2 is 2.12 bits per heavy atom. The van der Waals surface area contributed by atoms with Crippen molar-refractivity contribution in [1.82, 2.24) is 4.72 Å². The lowest BCUT2D eigenvalue weighted by atomic mass is 10.2. The maximum absolute atomic E-state index is 11.9. The van der Waals surface area contributed by atoms with E-state index in [-0.39, 0.29) is 17.5 Å². The van der Waals surface area contributed by atoms with Crippen LogP contribution < -0.4 is 10.5 Å². The Kier molecular flexibility index (Phi) is 4.49. The summed E-state index contributed by atoms with van der Waals surface area (Å²) in [7, 11) is -3.46. The second-order valence-corrected chi connectivity index (χ2v) is 6.24. The number of hydrogen-bond acceptors (Lipinski definition) is 3. The van der Waals surface area contributed by atoms with E-state index < -0.39 is 10.0 Å². The Morgan fingerprint density at radius 1 is 1.50 bits per heavy atom. The summed E-state index contributed by atoms with van der Waals surface area (Å²) in [6.07, 6.45) is 0. The molecule has 0 saturated heterocycles. The fourth-order valence-corrected chi connectivity index (χ4v) is 2.75. The Labute approximate surface area is 104 Å². The van der Waals surface area contributed by atoms with Crippen LogP contribution in [0.2, 0.25) is 0 Å². The third-order valence-corrected chi connectivity index (χ3v) is 4.63. The van der Waals surface area contributed by atoms with Gasteiger partial charge in [0.1, 0.15) is 0 Å². The highest BCUT2D eigenvalue weighted by Crippen LogP contribution is 2.19. The van der Waals surface area contributed by atoms with Crippen LogP contribution in [-0.4, -0.2) is 21.0 Å². The number of halogens is 1. The van der Waals surface area contributed by atoms with Crippen molar-refractivity contribution in [3.05, 3.63) is 28.2 Å². The standard InChI is InChI=1S/C10H15BrN2O2S/c1-7-5-9(3-4-10(7)11)16(14,15)13-8(2)6-12/h3-5,8,13H,6,12H2,1-2H3. The van der Waals surface area contributed by atoms with Crippen molar-refractivity contribution in [1.29, 1.82) is 0 Å². The van der Waals surface area contributed by atoms with Gasteiger partial charge in [-0.1, -0.05) is 15.9 Å². The van der Waals surface area contributed by atoms with Gasteiger partial charge in [0.05, 0.1) is 4.90 Å². The van der Waals surface area contributed by atoms with Crippen LogP contribution in [0.4, 0.5) is 0 Å². The van der Waals surface area contributed by atoms with Gasteiger partial charge in [-0.15, -0.1) is 0 Å². The maximum Gasteiger partial charge on any atom is 0.240 e. The van der Waals surface area contributed by atoms with Gasteiger partial charge in [0.2, 0.25) is 10.0 Å². The molecule has 16 heavy (non-hydrogen) atoms. The summed E-state index contributed by atoms with van der Waals surface area (Å²) >= 11 is 3.33. The fourth-order valence-electron chi connectivity index (χ4n) is 1.17. The van der Waals surface area contributed by atoms with Crippen LogP contribution in [0.1, 0.15) is 12.5 Å². The van der Waals surface area contributed by atoms with Gasteiger partial charge in [-0.3, -0.25) is 0 Å². The molecule has 0 radical (unpaired) electrons. The van der Waals surface area contributed by atoms with Crippen molar-refractivity contribution < 1.29 is 8.42 Å². The van der Waals surface area contributed by atoms with Gasteiger partial charge < -0.3 is 5.73 Å². The molecule has 0 aliphatic heterocycles. The number of nitrogens with two attached hydrogens (primary N) is 1. The topological polar surface area (TPSA) is 72.2 Å². The van der Waals surface area contributed by atoms with Gasteiger partial charge in [0.25, 0.3) is 0 Å². The van der Waals surface area contributed by atoms with Gasteiger partial charge in [0.15, 0.2) is 0 Å². The molecule has 0 bridgehead atoms. The molecule has 0 aromatic heterocycles. The van der Waals surface area contributed by atoms with Crippen molar-refractivity contribution in [3.8, 4) is 0 Å². The predicted molar refractivity (Wildman–Crippen MR) is 67.7 cm³/mol. The van der Waals surface area contributed by atoms with E-state index in [1.807, 2.05) is 6.92 Å². The van der Waals surface area contributed by atoms with Crippen molar-refractivity contribution >= 4 is 26.0 Å². The summed E-state index contributed by atoms with van der Waals surface area (Å²) in [6, 6.07) is 4.63. The molecule has 0 fully saturated rings. The van der Waals surface area contributed by atoms with E-state index >= 15 is 0 Å². The minimum Gasteiger partial charge on any atom is -0.329 e. The van der Waals surface area contributed by atoms with Crippen molar-refractivity contribution in [2.75, 3.05) is 6.54 Å². The third kappa shape index (κ3) is 3.28. The van der Waals surface area contributed by atoms with Crippen LogP contribution in [0, 0.1) is 6.92 Å². The molecular weight excluding hydrogens is 292 g/mol. The minimum atomic E-state index is -3.46. The normalized spacial score (nSPS) is 13.8. The van der Waals surface area contributed by atoms with Gasteiger partial charge >= 0.3 is 0 Å². The molecule has 4 nitrogen and oxygen atoms in total. The Balaban J connectivity index is 3.03. The van der Waals surface area contributed by atoms with E-state index in [9.17, 15) is 8.42 Å². The number of sulfonamides is 1. The lowest BCUT2D eigenvalue weighted by molar-refractivity contribution is 0.562. The van der Waals surface area contributed by atoms with Crippen LogP contribution in [0.5, 0.6) is 0 Å². The number of benzene rings is 1. The Hall–Kier alpha value is -0.430. The molecule has 0 heterocycles. The van der Waals surface area contributed by atoms with Gasteiger partial charge in [0, 0.05) is 17.1 Å². The first-order valence-corrected chi connectivity index (χ1v) is 7.13. The zero-order chi connectivity index (χ0) is 12.3. The third-order valence-electron chi connectivity index (χ3n) is 2.15. The number of nitrogens with one attached hydrogen (secondary N) is 1. The molecule has 1 atom stereocenters. The first kappa shape index (κ1) is 13.6. The summed E-state index contributed by atoms with van der Waals surface area (Å²) in [5.74, 6) is 0. The fraction of sp³-hybridized carbons (Fsp3) is 0.400. The highest BCUT2D eigenvalue weighted by molar-refractivity contribution is 9.10. The van der Waals surface area contributed by atoms with E-state index in [4.69, 9.17) is 5.73 Å². The minimum absolute atomic E-state index is 0.258. The largest absolute Gasteiger partial charge is 0.329 e. The van der Waals surface area contributed by atoms with E-state index in [2.05, 4.69) is 20.7 Å². The molecule has 1 aromatic rings. The average Bonchev–Trinajstić information content (AvgIpc) is 2.21. The van der Waals surface area contributed by atoms with Gasteiger partial charge in [-0.25, -0.2) is 13.1 Å². The molecule has 0 saturated carbocycles. The second-order valence-electron chi connectivity index (χ2n) is 3.67. The second kappa shape index (κ2) is 5.27. The first-order valence-electron chi connectivity index (χ1n) is 4.85. The molecule has 1 rings (SSSR count). The van der Waals surface area contributed by atoms with Crippen LogP contribution in [0.3, 0.4) is 0 Å². The molecule has 3 N–H and O–H groups in total. The first-order chi connectivity index (χ1) is 7.36. The molecule has 0 aliphatic rings. The van der Waals surface area contributed by atoms with Gasteiger partial charge in [-0.05, 0) is 37.6 Å². The summed E-state index contributed by atoms with van der Waals surface area (Å²) in [6.45, 7) is 3.84. The van der Waals surface area contributed by atoms with Crippen molar-refractivity contribution in [3.63, 3.8) is 0 Å². The summed E-state index contributed by atoms with van der Waals surface area (Å²) in [5, 5.41) is 0. The quantitative estimate of drug-likeness (QED) is 0.883. The van der Waals surface area contributed by atoms with E-state index in [0.29, 0.717) is 0 Å². The van der Waals surface area contributed by atoms with Gasteiger partial charge in [-0.2, -0.15) is 0 Å². The number of hydrogen-bond donors (Lipinski definition) is 2. The number of rotatable bonds is 4. The zero-order valence-electron chi connectivity index (χ0n) is 9.20. The summed E-state index contributed by atoms with van der Waals surface area (Å²) in [4.78, 5) is 0.258. The molecule has 0 aliphatic carbocycles. The SMILES string of the molecule is Cc1cc(S(=O)(=O)NC(C)CN)ccc1Br. The smallest absolute Gasteiger partial charge is 0.240 e. The zero-order valence-corrected chi connectivity index (χ0v) is 11.6. The van der Waals surface area contributed by atoms with Crippen molar-refractivity contribution in [2.24, 2.45) is 5.73 Å². The highest BCUT2D eigenvalue weighted by atomic mass is 79.9. The van der Waals surface area contributed by atoms with Crippen LogP contribution in [0.25, 0.3) is 0 Å². The lowest BCUT2D eigenvalue weighted by Gasteiger charge is -2.12.